The van der Waals surface area contributed by atoms with E-state index in [1.54, 1.807) is 4.68 Å². The highest BCUT2D eigenvalue weighted by atomic mass is 16.5. The van der Waals surface area contributed by atoms with Crippen molar-refractivity contribution < 1.29 is 14.3 Å². The van der Waals surface area contributed by atoms with E-state index in [1.165, 1.54) is 0 Å². The van der Waals surface area contributed by atoms with Crippen LogP contribution in [0.25, 0.3) is 0 Å². The monoisotopic (exact) mass is 343 g/mol. The van der Waals surface area contributed by atoms with Crippen molar-refractivity contribution in [3.63, 3.8) is 0 Å². The predicted molar refractivity (Wildman–Crippen MR) is 96.3 cm³/mol. The molecule has 1 N–H and O–H groups in total. The van der Waals surface area contributed by atoms with Crippen LogP contribution in [0.2, 0.25) is 0 Å². The Morgan fingerprint density at radius 2 is 2.28 bits per heavy atom. The van der Waals surface area contributed by atoms with Gasteiger partial charge >= 0.3 is 0 Å². The van der Waals surface area contributed by atoms with Gasteiger partial charge in [0.2, 0.25) is 5.91 Å². The van der Waals surface area contributed by atoms with E-state index in [0.717, 1.165) is 29.0 Å². The molecule has 0 bridgehead atoms. The normalized spacial score (nSPS) is 15.6. The first-order chi connectivity index (χ1) is 12.0. The lowest BCUT2D eigenvalue weighted by atomic mass is 10.1. The minimum absolute atomic E-state index is 0.0461. The molecule has 0 radical (unpaired) electrons. The van der Waals surface area contributed by atoms with Crippen molar-refractivity contribution in [1.29, 1.82) is 0 Å². The van der Waals surface area contributed by atoms with Crippen LogP contribution in [0, 0.1) is 6.92 Å². The predicted octanol–water partition coefficient (Wildman–Crippen LogP) is 3.02. The van der Waals surface area contributed by atoms with Crippen molar-refractivity contribution in [3.8, 4) is 11.5 Å². The molecule has 1 aromatic carbocycles. The molecule has 0 saturated heterocycles. The number of carbonyl (C=O) groups excluding carboxylic acids is 1. The number of hydrogen-bond acceptors (Lipinski definition) is 4. The smallest absolute Gasteiger partial charge is 0.224 e. The Balaban J connectivity index is 1.70. The Bertz CT molecular complexity index is 782. The topological polar surface area (TPSA) is 65.4 Å². The number of amides is 1. The van der Waals surface area contributed by atoms with Gasteiger partial charge in [-0.05, 0) is 38.8 Å². The number of nitrogens with zero attached hydrogens (tertiary/aromatic N) is 2. The number of benzene rings is 1. The molecule has 0 aliphatic carbocycles. The zero-order valence-electron chi connectivity index (χ0n) is 15.3. The largest absolute Gasteiger partial charge is 0.492 e. The van der Waals surface area contributed by atoms with E-state index in [1.807, 2.05) is 46.1 Å². The van der Waals surface area contributed by atoms with E-state index < -0.39 is 0 Å². The Morgan fingerprint density at radius 1 is 1.48 bits per heavy atom. The summed E-state index contributed by atoms with van der Waals surface area (Å²) >= 11 is 0. The standard InChI is InChI=1S/C19H25N3O3/c1-5-24-18-9-15-8-12(2)25-17(15)10-16(18)20-19(23)7-6-14-11-22(4)21-13(14)3/h9-12H,5-8H2,1-4H3,(H,20,23). The third-order valence-corrected chi connectivity index (χ3v) is 4.31. The fraction of sp³-hybridized carbons (Fsp3) is 0.474. The number of fused-ring (bicyclic) bond motifs is 1. The average Bonchev–Trinajstić information content (AvgIpc) is 3.06. The molecule has 0 saturated carbocycles. The van der Waals surface area contributed by atoms with Crippen LogP contribution in [0.3, 0.4) is 0 Å². The number of rotatable bonds is 6. The first-order valence-electron chi connectivity index (χ1n) is 8.71. The molecule has 1 atom stereocenters. The van der Waals surface area contributed by atoms with Crippen molar-refractivity contribution in [3.05, 3.63) is 35.2 Å². The highest BCUT2D eigenvalue weighted by Crippen LogP contribution is 2.38. The van der Waals surface area contributed by atoms with E-state index in [4.69, 9.17) is 9.47 Å². The molecule has 3 rings (SSSR count). The van der Waals surface area contributed by atoms with Crippen LogP contribution < -0.4 is 14.8 Å². The van der Waals surface area contributed by atoms with Crippen LogP contribution in [0.5, 0.6) is 11.5 Å². The maximum Gasteiger partial charge on any atom is 0.224 e. The second kappa shape index (κ2) is 7.17. The summed E-state index contributed by atoms with van der Waals surface area (Å²) in [5.41, 5.74) is 3.85. The maximum absolute atomic E-state index is 12.4. The summed E-state index contributed by atoms with van der Waals surface area (Å²) in [6.07, 6.45) is 4.03. The van der Waals surface area contributed by atoms with E-state index in [9.17, 15) is 4.79 Å². The zero-order valence-corrected chi connectivity index (χ0v) is 15.3. The van der Waals surface area contributed by atoms with Crippen molar-refractivity contribution >= 4 is 11.6 Å². The summed E-state index contributed by atoms with van der Waals surface area (Å²) in [7, 11) is 1.89. The molecular weight excluding hydrogens is 318 g/mol. The number of ether oxygens (including phenoxy) is 2. The molecule has 2 aromatic rings. The summed E-state index contributed by atoms with van der Waals surface area (Å²) in [6.45, 7) is 6.48. The number of nitrogens with one attached hydrogen (secondary N) is 1. The third kappa shape index (κ3) is 3.95. The van der Waals surface area contributed by atoms with Crippen LogP contribution in [0.4, 0.5) is 5.69 Å². The van der Waals surface area contributed by atoms with Gasteiger partial charge in [-0.2, -0.15) is 5.10 Å². The molecule has 0 fully saturated rings. The van der Waals surface area contributed by atoms with Gasteiger partial charge in [-0.3, -0.25) is 9.48 Å². The van der Waals surface area contributed by atoms with Crippen LogP contribution in [0.1, 0.15) is 37.1 Å². The van der Waals surface area contributed by atoms with Crippen molar-refractivity contribution in [2.24, 2.45) is 7.05 Å². The molecule has 1 aliphatic rings. The van der Waals surface area contributed by atoms with Crippen LogP contribution >= 0.6 is 0 Å². The summed E-state index contributed by atoms with van der Waals surface area (Å²) in [4.78, 5) is 12.4. The Kier molecular flexibility index (Phi) is 4.97. The van der Waals surface area contributed by atoms with Gasteiger partial charge in [0.05, 0.1) is 18.0 Å². The van der Waals surface area contributed by atoms with Gasteiger partial charge in [-0.25, -0.2) is 0 Å². The van der Waals surface area contributed by atoms with E-state index in [-0.39, 0.29) is 12.0 Å². The lowest BCUT2D eigenvalue weighted by Crippen LogP contribution is -2.13. The van der Waals surface area contributed by atoms with Crippen molar-refractivity contribution in [2.75, 3.05) is 11.9 Å². The highest BCUT2D eigenvalue weighted by molar-refractivity contribution is 5.93. The van der Waals surface area contributed by atoms with Gasteiger partial charge in [0.15, 0.2) is 0 Å². The van der Waals surface area contributed by atoms with Crippen molar-refractivity contribution in [1.82, 2.24) is 9.78 Å². The lowest BCUT2D eigenvalue weighted by molar-refractivity contribution is -0.116. The van der Waals surface area contributed by atoms with E-state index in [2.05, 4.69) is 10.4 Å². The average molecular weight is 343 g/mol. The van der Waals surface area contributed by atoms with E-state index >= 15 is 0 Å². The van der Waals surface area contributed by atoms with Crippen LogP contribution in [0.15, 0.2) is 18.3 Å². The summed E-state index contributed by atoms with van der Waals surface area (Å²) in [5, 5.41) is 7.27. The molecule has 134 valence electrons. The second-order valence-corrected chi connectivity index (χ2v) is 6.48. The quantitative estimate of drug-likeness (QED) is 0.875. The molecule has 6 nitrogen and oxygen atoms in total. The number of aromatic nitrogens is 2. The SMILES string of the molecule is CCOc1cc2c(cc1NC(=O)CCc1cn(C)nc1C)OC(C)C2. The lowest BCUT2D eigenvalue weighted by Gasteiger charge is -2.13. The summed E-state index contributed by atoms with van der Waals surface area (Å²) in [5.74, 6) is 1.48. The first-order valence-corrected chi connectivity index (χ1v) is 8.71. The van der Waals surface area contributed by atoms with Crippen LogP contribution in [-0.4, -0.2) is 28.4 Å². The fourth-order valence-corrected chi connectivity index (χ4v) is 3.17. The van der Waals surface area contributed by atoms with Crippen LogP contribution in [-0.2, 0) is 24.7 Å². The first kappa shape index (κ1) is 17.3. The third-order valence-electron chi connectivity index (χ3n) is 4.31. The zero-order chi connectivity index (χ0) is 18.0. The molecule has 1 unspecified atom stereocenters. The van der Waals surface area contributed by atoms with Gasteiger partial charge < -0.3 is 14.8 Å². The summed E-state index contributed by atoms with van der Waals surface area (Å²) < 4.78 is 13.3. The molecule has 0 spiro atoms. The number of anilines is 1. The maximum atomic E-state index is 12.4. The van der Waals surface area contributed by atoms with Gasteiger partial charge in [-0.1, -0.05) is 0 Å². The Hall–Kier alpha value is -2.50. The van der Waals surface area contributed by atoms with Crippen molar-refractivity contribution in [2.45, 2.75) is 46.1 Å². The molecular formula is C19H25N3O3. The minimum Gasteiger partial charge on any atom is -0.492 e. The second-order valence-electron chi connectivity index (χ2n) is 6.48. The van der Waals surface area contributed by atoms with Gasteiger partial charge in [-0.15, -0.1) is 0 Å². The Morgan fingerprint density at radius 3 is 2.96 bits per heavy atom. The molecule has 1 aromatic heterocycles. The Labute approximate surface area is 148 Å². The van der Waals surface area contributed by atoms with E-state index in [0.29, 0.717) is 30.9 Å². The number of hydrogen-bond donors (Lipinski definition) is 1. The molecule has 2 heterocycles. The van der Waals surface area contributed by atoms with Gasteiger partial charge in [0, 0.05) is 37.7 Å². The minimum atomic E-state index is -0.0461. The molecule has 6 heteroatoms. The van der Waals surface area contributed by atoms with Gasteiger partial charge in [0.1, 0.15) is 17.6 Å². The summed E-state index contributed by atoms with van der Waals surface area (Å²) in [6, 6.07) is 3.85. The number of aryl methyl sites for hydroxylation is 3. The molecule has 1 amide bonds. The highest BCUT2D eigenvalue weighted by Gasteiger charge is 2.22. The molecule has 1 aliphatic heterocycles. The fourth-order valence-electron chi connectivity index (χ4n) is 3.17. The van der Waals surface area contributed by atoms with Gasteiger partial charge in [0.25, 0.3) is 0 Å². The number of carbonyl (C=O) groups is 1. The molecule has 25 heavy (non-hydrogen) atoms.